The van der Waals surface area contributed by atoms with Crippen molar-refractivity contribution in [3.05, 3.63) is 70.3 Å². The molecule has 0 aliphatic carbocycles. The zero-order chi connectivity index (χ0) is 24.4. The van der Waals surface area contributed by atoms with Crippen LogP contribution in [0.25, 0.3) is 10.8 Å². The van der Waals surface area contributed by atoms with E-state index in [9.17, 15) is 10.2 Å². The summed E-state index contributed by atoms with van der Waals surface area (Å²) in [5, 5.41) is 24.2. The molecule has 0 radical (unpaired) electrons. The SMILES string of the molecule is CCCCCCc1cc(Cc2cc(C(C)(C)C)c(O)c(C(C)(C)C)c2)c2ccccc2c1O. The average Bonchev–Trinajstić information content (AvgIpc) is 2.73. The summed E-state index contributed by atoms with van der Waals surface area (Å²) < 4.78 is 0. The quantitative estimate of drug-likeness (QED) is 0.357. The van der Waals surface area contributed by atoms with Gasteiger partial charge < -0.3 is 10.2 Å². The van der Waals surface area contributed by atoms with E-state index in [0.717, 1.165) is 46.7 Å². The number of unbranched alkanes of at least 4 members (excludes halogenated alkanes) is 3. The lowest BCUT2D eigenvalue weighted by atomic mass is 9.77. The molecule has 33 heavy (non-hydrogen) atoms. The Bertz CT molecular complexity index is 1080. The van der Waals surface area contributed by atoms with E-state index in [-0.39, 0.29) is 10.8 Å². The minimum atomic E-state index is -0.151. The van der Waals surface area contributed by atoms with Crippen LogP contribution >= 0.6 is 0 Å². The Morgan fingerprint density at radius 1 is 0.667 bits per heavy atom. The van der Waals surface area contributed by atoms with Crippen molar-refractivity contribution in [3.63, 3.8) is 0 Å². The standard InChI is InChI=1S/C31H42O2/c1-8-9-10-11-14-22-20-23(24-15-12-13-16-25(24)28(22)32)17-21-18-26(30(2,3)4)29(33)27(19-21)31(5,6)7/h12-13,15-16,18-20,32-33H,8-11,14,17H2,1-7H3. The molecule has 0 bridgehead atoms. The van der Waals surface area contributed by atoms with Crippen molar-refractivity contribution in [2.24, 2.45) is 0 Å². The fourth-order valence-electron chi connectivity index (χ4n) is 4.74. The highest BCUT2D eigenvalue weighted by atomic mass is 16.3. The lowest BCUT2D eigenvalue weighted by Crippen LogP contribution is -2.18. The van der Waals surface area contributed by atoms with Gasteiger partial charge in [0.15, 0.2) is 0 Å². The molecule has 0 atom stereocenters. The van der Waals surface area contributed by atoms with Crippen molar-refractivity contribution in [2.75, 3.05) is 0 Å². The number of phenolic OH excluding ortho intramolecular Hbond substituents is 2. The number of fused-ring (bicyclic) bond motifs is 1. The number of aromatic hydroxyl groups is 2. The molecule has 0 unspecified atom stereocenters. The van der Waals surface area contributed by atoms with E-state index in [1.54, 1.807) is 0 Å². The molecule has 0 saturated carbocycles. The van der Waals surface area contributed by atoms with Crippen LogP contribution in [0.2, 0.25) is 0 Å². The van der Waals surface area contributed by atoms with E-state index in [1.807, 2.05) is 18.2 Å². The molecule has 0 spiro atoms. The maximum atomic E-state index is 11.1. The Balaban J connectivity index is 2.11. The molecule has 0 saturated heterocycles. The van der Waals surface area contributed by atoms with Crippen molar-refractivity contribution in [3.8, 4) is 11.5 Å². The molecule has 0 aromatic heterocycles. The Kier molecular flexibility index (Phi) is 7.46. The molecule has 0 fully saturated rings. The highest BCUT2D eigenvalue weighted by Crippen LogP contribution is 2.41. The molecular formula is C31H42O2. The second-order valence-electron chi connectivity index (χ2n) is 11.6. The summed E-state index contributed by atoms with van der Waals surface area (Å²) in [6, 6.07) is 14.7. The number of hydrogen-bond acceptors (Lipinski definition) is 2. The van der Waals surface area contributed by atoms with Crippen LogP contribution in [0.3, 0.4) is 0 Å². The smallest absolute Gasteiger partial charge is 0.126 e. The Hall–Kier alpha value is -2.48. The molecule has 178 valence electrons. The van der Waals surface area contributed by atoms with E-state index in [1.165, 1.54) is 30.4 Å². The second-order valence-corrected chi connectivity index (χ2v) is 11.6. The molecular weight excluding hydrogens is 404 g/mol. The van der Waals surface area contributed by atoms with Crippen molar-refractivity contribution in [1.29, 1.82) is 0 Å². The van der Waals surface area contributed by atoms with Gasteiger partial charge in [-0.3, -0.25) is 0 Å². The zero-order valence-corrected chi connectivity index (χ0v) is 21.7. The van der Waals surface area contributed by atoms with Gasteiger partial charge in [-0.1, -0.05) is 110 Å². The molecule has 0 amide bonds. The molecule has 3 aromatic carbocycles. The van der Waals surface area contributed by atoms with Gasteiger partial charge in [0, 0.05) is 5.39 Å². The highest BCUT2D eigenvalue weighted by molar-refractivity contribution is 5.92. The lowest BCUT2D eigenvalue weighted by Gasteiger charge is -2.28. The fourth-order valence-corrected chi connectivity index (χ4v) is 4.74. The number of aryl methyl sites for hydroxylation is 1. The van der Waals surface area contributed by atoms with Crippen molar-refractivity contribution in [1.82, 2.24) is 0 Å². The molecule has 0 aliphatic rings. The Morgan fingerprint density at radius 2 is 1.24 bits per heavy atom. The van der Waals surface area contributed by atoms with Gasteiger partial charge in [0.1, 0.15) is 11.5 Å². The summed E-state index contributed by atoms with van der Waals surface area (Å²) in [4.78, 5) is 0. The van der Waals surface area contributed by atoms with Crippen LogP contribution in [0.1, 0.15) is 102 Å². The van der Waals surface area contributed by atoms with Crippen LogP contribution in [0, 0.1) is 0 Å². The summed E-state index contributed by atoms with van der Waals surface area (Å²) in [5.74, 6) is 0.855. The van der Waals surface area contributed by atoms with Gasteiger partial charge in [0.05, 0.1) is 0 Å². The van der Waals surface area contributed by atoms with Crippen LogP contribution in [0.5, 0.6) is 11.5 Å². The molecule has 3 aromatic rings. The van der Waals surface area contributed by atoms with Gasteiger partial charge in [0.2, 0.25) is 0 Å². The summed E-state index contributed by atoms with van der Waals surface area (Å²) in [5.41, 5.74) is 5.17. The van der Waals surface area contributed by atoms with Crippen LogP contribution in [0.4, 0.5) is 0 Å². The Morgan fingerprint density at radius 3 is 1.79 bits per heavy atom. The van der Waals surface area contributed by atoms with Crippen molar-refractivity contribution in [2.45, 2.75) is 97.8 Å². The first kappa shape index (κ1) is 25.1. The van der Waals surface area contributed by atoms with Crippen LogP contribution < -0.4 is 0 Å². The second kappa shape index (κ2) is 9.79. The lowest BCUT2D eigenvalue weighted by molar-refractivity contribution is 0.423. The molecule has 2 nitrogen and oxygen atoms in total. The minimum Gasteiger partial charge on any atom is -0.507 e. The van der Waals surface area contributed by atoms with Gasteiger partial charge in [-0.2, -0.15) is 0 Å². The first-order valence-corrected chi connectivity index (χ1v) is 12.5. The average molecular weight is 447 g/mol. The minimum absolute atomic E-state index is 0.151. The van der Waals surface area contributed by atoms with E-state index in [0.29, 0.717) is 11.5 Å². The van der Waals surface area contributed by atoms with Gasteiger partial charge in [-0.25, -0.2) is 0 Å². The third-order valence-electron chi connectivity index (χ3n) is 6.66. The third-order valence-corrected chi connectivity index (χ3v) is 6.66. The molecule has 2 heteroatoms. The maximum Gasteiger partial charge on any atom is 0.126 e. The summed E-state index contributed by atoms with van der Waals surface area (Å²) in [7, 11) is 0. The normalized spacial score (nSPS) is 12.5. The predicted molar refractivity (Wildman–Crippen MR) is 142 cm³/mol. The van der Waals surface area contributed by atoms with Gasteiger partial charge >= 0.3 is 0 Å². The van der Waals surface area contributed by atoms with Gasteiger partial charge in [-0.15, -0.1) is 0 Å². The van der Waals surface area contributed by atoms with Gasteiger partial charge in [-0.05, 0) is 63.3 Å². The van der Waals surface area contributed by atoms with Crippen LogP contribution in [-0.4, -0.2) is 10.2 Å². The number of benzene rings is 3. The highest BCUT2D eigenvalue weighted by Gasteiger charge is 2.26. The van der Waals surface area contributed by atoms with Gasteiger partial charge in [0.25, 0.3) is 0 Å². The third kappa shape index (κ3) is 5.72. The van der Waals surface area contributed by atoms with E-state index >= 15 is 0 Å². The summed E-state index contributed by atoms with van der Waals surface area (Å²) in [6.07, 6.45) is 6.41. The van der Waals surface area contributed by atoms with Crippen molar-refractivity contribution >= 4 is 10.8 Å². The molecule has 3 rings (SSSR count). The fraction of sp³-hybridized carbons (Fsp3) is 0.484. The molecule has 0 heterocycles. The predicted octanol–water partition coefficient (Wildman–Crippen LogP) is 8.56. The summed E-state index contributed by atoms with van der Waals surface area (Å²) in [6.45, 7) is 15.2. The first-order chi connectivity index (χ1) is 15.4. The number of rotatable bonds is 7. The Labute approximate surface area is 200 Å². The molecule has 0 aliphatic heterocycles. The summed E-state index contributed by atoms with van der Waals surface area (Å²) >= 11 is 0. The maximum absolute atomic E-state index is 11.1. The van der Waals surface area contributed by atoms with E-state index in [2.05, 4.69) is 72.7 Å². The van der Waals surface area contributed by atoms with Crippen LogP contribution in [-0.2, 0) is 23.7 Å². The molecule has 2 N–H and O–H groups in total. The first-order valence-electron chi connectivity index (χ1n) is 12.5. The van der Waals surface area contributed by atoms with E-state index in [4.69, 9.17) is 0 Å². The van der Waals surface area contributed by atoms with E-state index < -0.39 is 0 Å². The van der Waals surface area contributed by atoms with Crippen LogP contribution in [0.15, 0.2) is 42.5 Å². The zero-order valence-electron chi connectivity index (χ0n) is 21.7. The topological polar surface area (TPSA) is 40.5 Å². The monoisotopic (exact) mass is 446 g/mol. The number of phenols is 2. The van der Waals surface area contributed by atoms with Crippen molar-refractivity contribution < 1.29 is 10.2 Å². The number of hydrogen-bond donors (Lipinski definition) is 2. The largest absolute Gasteiger partial charge is 0.507 e.